The van der Waals surface area contributed by atoms with Gasteiger partial charge < -0.3 is 14.7 Å². The number of morpholine rings is 1. The molecular formula is C14H15NO5. The molecule has 1 heterocycles. The molecule has 1 fully saturated rings. The number of benzene rings is 1. The van der Waals surface area contributed by atoms with Crippen molar-refractivity contribution in [1.29, 1.82) is 0 Å². The lowest BCUT2D eigenvalue weighted by Gasteiger charge is -2.28. The quantitative estimate of drug-likeness (QED) is 0.486. The van der Waals surface area contributed by atoms with Crippen LogP contribution in [0.1, 0.15) is 16.8 Å². The van der Waals surface area contributed by atoms with E-state index in [9.17, 15) is 14.4 Å². The first-order valence-electron chi connectivity index (χ1n) is 6.30. The molecule has 0 aromatic heterocycles. The Kier molecular flexibility index (Phi) is 4.47. The monoisotopic (exact) mass is 277 g/mol. The van der Waals surface area contributed by atoms with Crippen molar-refractivity contribution in [3.8, 4) is 0 Å². The molecule has 6 heteroatoms. The van der Waals surface area contributed by atoms with Gasteiger partial charge in [-0.15, -0.1) is 0 Å². The molecule has 2 rings (SSSR count). The predicted molar refractivity (Wildman–Crippen MR) is 71.1 cm³/mol. The van der Waals surface area contributed by atoms with Crippen LogP contribution in [-0.4, -0.2) is 48.9 Å². The second kappa shape index (κ2) is 6.29. The molecule has 0 spiro atoms. The zero-order valence-corrected chi connectivity index (χ0v) is 10.9. The fourth-order valence-corrected chi connectivity index (χ4v) is 2.00. The van der Waals surface area contributed by atoms with Crippen LogP contribution in [0.15, 0.2) is 24.3 Å². The number of nitrogens with zero attached hydrogens (tertiary/aromatic N) is 1. The van der Waals surface area contributed by atoms with Crippen LogP contribution in [0.2, 0.25) is 0 Å². The van der Waals surface area contributed by atoms with Crippen molar-refractivity contribution in [2.75, 3.05) is 31.2 Å². The Bertz CT molecular complexity index is 517. The van der Waals surface area contributed by atoms with E-state index in [2.05, 4.69) is 4.90 Å². The molecule has 0 aliphatic carbocycles. The van der Waals surface area contributed by atoms with Crippen LogP contribution in [0.3, 0.4) is 0 Å². The molecule has 0 amide bonds. The van der Waals surface area contributed by atoms with Crippen LogP contribution in [0.5, 0.6) is 0 Å². The van der Waals surface area contributed by atoms with Crippen LogP contribution in [0.4, 0.5) is 5.69 Å². The van der Waals surface area contributed by atoms with Crippen molar-refractivity contribution in [3.05, 3.63) is 29.8 Å². The van der Waals surface area contributed by atoms with Gasteiger partial charge in [0.25, 0.3) is 0 Å². The number of Topliss-reactive ketones (excluding diaryl/α,β-unsaturated/α-hetero) is 2. The minimum absolute atomic E-state index is 0.344. The second-order valence-electron chi connectivity index (χ2n) is 4.47. The summed E-state index contributed by atoms with van der Waals surface area (Å²) in [4.78, 5) is 35.3. The van der Waals surface area contributed by atoms with Crippen LogP contribution >= 0.6 is 0 Å². The van der Waals surface area contributed by atoms with Crippen molar-refractivity contribution in [1.82, 2.24) is 0 Å². The fourth-order valence-electron chi connectivity index (χ4n) is 2.00. The lowest BCUT2D eigenvalue weighted by molar-refractivity contribution is -0.148. The first-order chi connectivity index (χ1) is 9.58. The smallest absolute Gasteiger partial charge is 0.372 e. The fraction of sp³-hybridized carbons (Fsp3) is 0.357. The van der Waals surface area contributed by atoms with Crippen LogP contribution < -0.4 is 4.90 Å². The standard InChI is InChI=1S/C14H15NO5/c16-12(9-13(17)14(18)19)10-1-3-11(4-2-10)15-5-7-20-8-6-15/h1-4H,5-9H2,(H,18,19). The number of carboxylic acid groups (broad SMARTS) is 1. The van der Waals surface area contributed by atoms with Crippen LogP contribution in [0.25, 0.3) is 0 Å². The van der Waals surface area contributed by atoms with Gasteiger partial charge in [-0.25, -0.2) is 4.79 Å². The van der Waals surface area contributed by atoms with Gasteiger partial charge >= 0.3 is 5.97 Å². The molecule has 1 aromatic rings. The molecule has 20 heavy (non-hydrogen) atoms. The largest absolute Gasteiger partial charge is 0.475 e. The average molecular weight is 277 g/mol. The number of hydrogen-bond donors (Lipinski definition) is 1. The molecule has 0 radical (unpaired) electrons. The van der Waals surface area contributed by atoms with Gasteiger partial charge in [0.05, 0.1) is 19.6 Å². The summed E-state index contributed by atoms with van der Waals surface area (Å²) in [6, 6.07) is 6.82. The maximum Gasteiger partial charge on any atom is 0.372 e. The SMILES string of the molecule is O=C(O)C(=O)CC(=O)c1ccc(N2CCOCC2)cc1. The third-order valence-corrected chi connectivity index (χ3v) is 3.13. The summed E-state index contributed by atoms with van der Waals surface area (Å²) in [6.45, 7) is 2.94. The average Bonchev–Trinajstić information content (AvgIpc) is 2.48. The van der Waals surface area contributed by atoms with E-state index in [4.69, 9.17) is 9.84 Å². The molecular weight excluding hydrogens is 262 g/mol. The highest BCUT2D eigenvalue weighted by atomic mass is 16.5. The van der Waals surface area contributed by atoms with Gasteiger partial charge in [0.2, 0.25) is 5.78 Å². The van der Waals surface area contributed by atoms with Gasteiger partial charge in [-0.1, -0.05) is 0 Å². The number of anilines is 1. The maximum absolute atomic E-state index is 11.7. The van der Waals surface area contributed by atoms with E-state index in [1.165, 1.54) is 0 Å². The number of carbonyl (C=O) groups excluding carboxylic acids is 2. The van der Waals surface area contributed by atoms with Crippen molar-refractivity contribution in [2.24, 2.45) is 0 Å². The Hall–Kier alpha value is -2.21. The Morgan fingerprint density at radius 2 is 1.70 bits per heavy atom. The normalized spacial score (nSPS) is 14.9. The Morgan fingerprint density at radius 1 is 1.10 bits per heavy atom. The van der Waals surface area contributed by atoms with Gasteiger partial charge in [0.1, 0.15) is 0 Å². The lowest BCUT2D eigenvalue weighted by atomic mass is 10.1. The molecule has 0 saturated carbocycles. The summed E-state index contributed by atoms with van der Waals surface area (Å²) in [5.41, 5.74) is 1.33. The zero-order valence-electron chi connectivity index (χ0n) is 10.9. The number of rotatable bonds is 5. The summed E-state index contributed by atoms with van der Waals surface area (Å²) in [5.74, 6) is -3.15. The van der Waals surface area contributed by atoms with Crippen LogP contribution in [-0.2, 0) is 14.3 Å². The number of aliphatic carboxylic acids is 1. The van der Waals surface area contributed by atoms with Crippen molar-refractivity contribution in [3.63, 3.8) is 0 Å². The van der Waals surface area contributed by atoms with E-state index in [1.54, 1.807) is 24.3 Å². The van der Waals surface area contributed by atoms with E-state index in [0.29, 0.717) is 18.8 Å². The van der Waals surface area contributed by atoms with Gasteiger partial charge in [-0.3, -0.25) is 9.59 Å². The molecule has 106 valence electrons. The third-order valence-electron chi connectivity index (χ3n) is 3.13. The zero-order chi connectivity index (χ0) is 14.5. The summed E-state index contributed by atoms with van der Waals surface area (Å²) in [6.07, 6.45) is -0.605. The van der Waals surface area contributed by atoms with E-state index < -0.39 is 24.0 Å². The first-order valence-corrected chi connectivity index (χ1v) is 6.30. The predicted octanol–water partition coefficient (Wildman–Crippen LogP) is 0.750. The molecule has 1 aromatic carbocycles. The first kappa shape index (κ1) is 14.2. The van der Waals surface area contributed by atoms with E-state index in [1.807, 2.05) is 0 Å². The van der Waals surface area contributed by atoms with Gasteiger partial charge in [-0.05, 0) is 24.3 Å². The van der Waals surface area contributed by atoms with Crippen molar-refractivity contribution < 1.29 is 24.2 Å². The van der Waals surface area contributed by atoms with Crippen molar-refractivity contribution in [2.45, 2.75) is 6.42 Å². The molecule has 0 atom stereocenters. The number of carbonyl (C=O) groups is 3. The number of hydrogen-bond acceptors (Lipinski definition) is 5. The topological polar surface area (TPSA) is 83.9 Å². The van der Waals surface area contributed by atoms with E-state index >= 15 is 0 Å². The summed E-state index contributed by atoms with van der Waals surface area (Å²) < 4.78 is 5.26. The summed E-state index contributed by atoms with van der Waals surface area (Å²) >= 11 is 0. The number of ketones is 2. The highest BCUT2D eigenvalue weighted by Crippen LogP contribution is 2.17. The second-order valence-corrected chi connectivity index (χ2v) is 4.47. The molecule has 0 unspecified atom stereocenters. The summed E-state index contributed by atoms with van der Waals surface area (Å²) in [7, 11) is 0. The number of ether oxygens (including phenoxy) is 1. The maximum atomic E-state index is 11.7. The van der Waals surface area contributed by atoms with Crippen molar-refractivity contribution >= 4 is 23.2 Å². The van der Waals surface area contributed by atoms with Crippen LogP contribution in [0, 0.1) is 0 Å². The molecule has 1 saturated heterocycles. The Labute approximate surface area is 115 Å². The van der Waals surface area contributed by atoms with Gasteiger partial charge in [0, 0.05) is 24.3 Å². The van der Waals surface area contributed by atoms with Gasteiger partial charge in [-0.2, -0.15) is 0 Å². The highest BCUT2D eigenvalue weighted by molar-refractivity contribution is 6.37. The molecule has 6 nitrogen and oxygen atoms in total. The molecule has 1 N–H and O–H groups in total. The van der Waals surface area contributed by atoms with E-state index in [-0.39, 0.29) is 0 Å². The third kappa shape index (κ3) is 3.42. The molecule has 1 aliphatic rings. The minimum Gasteiger partial charge on any atom is -0.475 e. The van der Waals surface area contributed by atoms with E-state index in [0.717, 1.165) is 18.8 Å². The highest BCUT2D eigenvalue weighted by Gasteiger charge is 2.18. The number of carboxylic acids is 1. The summed E-state index contributed by atoms with van der Waals surface area (Å²) in [5, 5.41) is 8.47. The van der Waals surface area contributed by atoms with Gasteiger partial charge in [0.15, 0.2) is 5.78 Å². The molecule has 1 aliphatic heterocycles. The lowest BCUT2D eigenvalue weighted by Crippen LogP contribution is -2.36. The minimum atomic E-state index is -1.58. The Balaban J connectivity index is 2.02. The molecule has 0 bridgehead atoms. The Morgan fingerprint density at radius 3 is 2.25 bits per heavy atom.